The number of allylic oxidation sites excluding steroid dienone is 1. The van der Waals surface area contributed by atoms with Crippen LogP contribution in [-0.4, -0.2) is 97.6 Å². The molecule has 7 N–H and O–H groups in total. The maximum absolute atomic E-state index is 12.9. The summed E-state index contributed by atoms with van der Waals surface area (Å²) in [7, 11) is 0. The third kappa shape index (κ3) is 6.99. The van der Waals surface area contributed by atoms with Gasteiger partial charge in [0, 0.05) is 6.92 Å². The molecule has 49 heavy (non-hydrogen) atoms. The standard InChI is InChI=1S/C38H63NO10/c1-20(2)8-7-9-21(3)26-12-13-27-25-11-10-23-18-24(14-16-36(23,5)28(25)15-17-37(26,27)6)48-38(35(46)47)34(45)32(44)30(39-22(4)41)33(49-38)31(43)29(42)19-40/h10,20-21,24-34,40,42-45H,7-9,11-19H2,1-6H3,(H,39,41)(H,46,47)/t21-,24+,25+,26-,27+,28+,29-,30-,31-,32-,33-,34+,36+,37-,38+/m1/s1. The molecular weight excluding hydrogens is 630 g/mol. The number of carboxylic acid groups (broad SMARTS) is 1. The van der Waals surface area contributed by atoms with Gasteiger partial charge in [-0.1, -0.05) is 65.5 Å². The van der Waals surface area contributed by atoms with Crippen molar-refractivity contribution in [1.82, 2.24) is 5.32 Å². The summed E-state index contributed by atoms with van der Waals surface area (Å²) in [5.74, 6) is -1.03. The Kier molecular flexibility index (Phi) is 11.7. The molecule has 280 valence electrons. The molecule has 4 fully saturated rings. The van der Waals surface area contributed by atoms with Crippen LogP contribution < -0.4 is 5.32 Å². The predicted octanol–water partition coefficient (Wildman–Crippen LogP) is 3.53. The Balaban J connectivity index is 1.33. The first-order valence-electron chi connectivity index (χ1n) is 18.9. The van der Waals surface area contributed by atoms with Crippen LogP contribution in [0, 0.1) is 46.3 Å². The lowest BCUT2D eigenvalue weighted by Crippen LogP contribution is -2.74. The second-order valence-electron chi connectivity index (χ2n) is 17.2. The lowest BCUT2D eigenvalue weighted by Gasteiger charge is -2.59. The van der Waals surface area contributed by atoms with Gasteiger partial charge in [-0.25, -0.2) is 4.79 Å². The molecule has 0 aromatic rings. The Morgan fingerprint density at radius 3 is 2.39 bits per heavy atom. The number of rotatable bonds is 12. The van der Waals surface area contributed by atoms with Crippen molar-refractivity contribution < 1.29 is 49.7 Å². The van der Waals surface area contributed by atoms with Gasteiger partial charge in [-0.15, -0.1) is 0 Å². The highest BCUT2D eigenvalue weighted by atomic mass is 16.7. The number of carbonyl (C=O) groups is 2. The van der Waals surface area contributed by atoms with Gasteiger partial charge in [-0.2, -0.15) is 0 Å². The predicted molar refractivity (Wildman–Crippen MR) is 182 cm³/mol. The monoisotopic (exact) mass is 693 g/mol. The molecule has 0 aromatic carbocycles. The van der Waals surface area contributed by atoms with E-state index in [1.165, 1.54) is 50.5 Å². The van der Waals surface area contributed by atoms with E-state index in [-0.39, 0.29) is 5.41 Å². The normalized spacial score (nSPS) is 43.8. The van der Waals surface area contributed by atoms with Gasteiger partial charge in [0.15, 0.2) is 0 Å². The van der Waals surface area contributed by atoms with Gasteiger partial charge in [0.2, 0.25) is 5.91 Å². The Hall–Kier alpha value is -1.60. The Labute approximate surface area is 291 Å². The third-order valence-electron chi connectivity index (χ3n) is 13.9. The highest BCUT2D eigenvalue weighted by molar-refractivity contribution is 5.77. The first kappa shape index (κ1) is 38.6. The molecule has 1 saturated heterocycles. The highest BCUT2D eigenvalue weighted by Gasteiger charge is 2.64. The van der Waals surface area contributed by atoms with Crippen LogP contribution >= 0.6 is 0 Å². The minimum absolute atomic E-state index is 0.0481. The number of ether oxygens (including phenoxy) is 2. The second-order valence-corrected chi connectivity index (χ2v) is 17.2. The zero-order valence-electron chi connectivity index (χ0n) is 30.4. The molecule has 0 radical (unpaired) electrons. The molecule has 11 heteroatoms. The van der Waals surface area contributed by atoms with Gasteiger partial charge in [0.1, 0.15) is 30.5 Å². The maximum atomic E-state index is 12.9. The van der Waals surface area contributed by atoms with Crippen molar-refractivity contribution >= 4 is 11.9 Å². The minimum Gasteiger partial charge on any atom is -0.477 e. The molecule has 5 aliphatic rings. The van der Waals surface area contributed by atoms with E-state index < -0.39 is 66.9 Å². The number of aliphatic hydroxyl groups is 5. The number of aliphatic hydroxyl groups excluding tert-OH is 5. The molecule has 1 amide bonds. The molecular formula is C38H63NO10. The van der Waals surface area contributed by atoms with Crippen LogP contribution in [-0.2, 0) is 19.1 Å². The van der Waals surface area contributed by atoms with E-state index in [1.807, 2.05) is 0 Å². The zero-order valence-corrected chi connectivity index (χ0v) is 30.4. The number of nitrogens with one attached hydrogen (secondary N) is 1. The third-order valence-corrected chi connectivity index (χ3v) is 13.9. The number of carboxylic acids is 1. The van der Waals surface area contributed by atoms with Crippen molar-refractivity contribution in [3.05, 3.63) is 11.6 Å². The number of fused-ring (bicyclic) bond motifs is 5. The zero-order chi connectivity index (χ0) is 36.1. The summed E-state index contributed by atoms with van der Waals surface area (Å²) in [6.07, 6.45) is 3.91. The average molecular weight is 694 g/mol. The first-order chi connectivity index (χ1) is 23.0. The molecule has 4 aliphatic carbocycles. The summed E-state index contributed by atoms with van der Waals surface area (Å²) in [5, 5.41) is 65.6. The fourth-order valence-corrected chi connectivity index (χ4v) is 11.3. The fourth-order valence-electron chi connectivity index (χ4n) is 11.3. The Morgan fingerprint density at radius 2 is 1.76 bits per heavy atom. The summed E-state index contributed by atoms with van der Waals surface area (Å²) in [6, 6.07) is -1.48. The van der Waals surface area contributed by atoms with E-state index in [0.29, 0.717) is 36.0 Å². The number of amides is 1. The van der Waals surface area contributed by atoms with Gasteiger partial charge in [0.05, 0.1) is 18.8 Å². The quantitative estimate of drug-likeness (QED) is 0.149. The lowest BCUT2D eigenvalue weighted by atomic mass is 9.47. The van der Waals surface area contributed by atoms with Gasteiger partial charge in [0.25, 0.3) is 5.79 Å². The van der Waals surface area contributed by atoms with E-state index in [0.717, 1.165) is 37.5 Å². The molecule has 15 atom stereocenters. The molecule has 0 aromatic heterocycles. The van der Waals surface area contributed by atoms with Crippen LogP contribution in [0.3, 0.4) is 0 Å². The summed E-state index contributed by atoms with van der Waals surface area (Å²) in [6.45, 7) is 12.3. The number of hydrogen-bond acceptors (Lipinski definition) is 9. The average Bonchev–Trinajstić information content (AvgIpc) is 3.40. The van der Waals surface area contributed by atoms with Crippen LogP contribution in [0.15, 0.2) is 11.6 Å². The van der Waals surface area contributed by atoms with Crippen molar-refractivity contribution in [3.63, 3.8) is 0 Å². The van der Waals surface area contributed by atoms with Crippen LogP contribution in [0.4, 0.5) is 0 Å². The van der Waals surface area contributed by atoms with Crippen LogP contribution in [0.2, 0.25) is 0 Å². The molecule has 0 spiro atoms. The summed E-state index contributed by atoms with van der Waals surface area (Å²) >= 11 is 0. The van der Waals surface area contributed by atoms with Gasteiger partial charge in [-0.05, 0) is 97.7 Å². The summed E-state index contributed by atoms with van der Waals surface area (Å²) in [5.41, 5.74) is 1.55. The summed E-state index contributed by atoms with van der Waals surface area (Å²) < 4.78 is 12.0. The SMILES string of the molecule is CC(=O)N[C@@H]1[C@@H](O)[C@H](O)[C@@](O[C@H]2CC[C@@]3(C)C(=CC[C@H]4[C@@H]5CC[C@H]([C@H](C)CCCC(C)C)[C@@]5(C)CC[C@@H]43)C2)(C(=O)O)O[C@H]1[C@H](O)[C@H](O)CO. The van der Waals surface area contributed by atoms with Crippen molar-refractivity contribution in [2.75, 3.05) is 6.61 Å². The second kappa shape index (κ2) is 14.8. The number of carbonyl (C=O) groups excluding carboxylic acids is 1. The van der Waals surface area contributed by atoms with E-state index >= 15 is 0 Å². The van der Waals surface area contributed by atoms with Crippen molar-refractivity contribution in [2.45, 2.75) is 161 Å². The largest absolute Gasteiger partial charge is 0.477 e. The van der Waals surface area contributed by atoms with E-state index in [4.69, 9.17) is 9.47 Å². The number of hydrogen-bond donors (Lipinski definition) is 7. The number of aliphatic carboxylic acids is 1. The van der Waals surface area contributed by atoms with Gasteiger partial charge >= 0.3 is 5.97 Å². The topological polar surface area (TPSA) is 186 Å². The molecule has 1 heterocycles. The minimum atomic E-state index is -2.79. The fraction of sp³-hybridized carbons (Fsp3) is 0.895. The molecule has 0 unspecified atom stereocenters. The Bertz CT molecular complexity index is 1230. The molecule has 11 nitrogen and oxygen atoms in total. The van der Waals surface area contributed by atoms with Crippen LogP contribution in [0.25, 0.3) is 0 Å². The Morgan fingerprint density at radius 1 is 1.04 bits per heavy atom. The first-order valence-corrected chi connectivity index (χ1v) is 18.9. The van der Waals surface area contributed by atoms with Crippen molar-refractivity contribution in [1.29, 1.82) is 0 Å². The van der Waals surface area contributed by atoms with E-state index in [2.05, 4.69) is 46.0 Å². The maximum Gasteiger partial charge on any atom is 0.367 e. The van der Waals surface area contributed by atoms with Crippen molar-refractivity contribution in [2.24, 2.45) is 46.3 Å². The van der Waals surface area contributed by atoms with E-state index in [1.54, 1.807) is 0 Å². The van der Waals surface area contributed by atoms with Gasteiger partial charge in [-0.3, -0.25) is 4.79 Å². The van der Waals surface area contributed by atoms with E-state index in [9.17, 15) is 40.2 Å². The molecule has 3 saturated carbocycles. The highest BCUT2D eigenvalue weighted by Crippen LogP contribution is 2.67. The molecule has 5 rings (SSSR count). The summed E-state index contributed by atoms with van der Waals surface area (Å²) in [4.78, 5) is 24.8. The molecule has 0 bridgehead atoms. The molecule has 1 aliphatic heterocycles. The smallest absolute Gasteiger partial charge is 0.367 e. The van der Waals surface area contributed by atoms with Gasteiger partial charge < -0.3 is 45.4 Å². The van der Waals surface area contributed by atoms with Crippen molar-refractivity contribution in [3.8, 4) is 0 Å². The van der Waals surface area contributed by atoms with Crippen LogP contribution in [0.1, 0.15) is 112 Å². The lowest BCUT2D eigenvalue weighted by molar-refractivity contribution is -0.358. The van der Waals surface area contributed by atoms with Crippen LogP contribution in [0.5, 0.6) is 0 Å².